The number of aliphatic hydroxyl groups is 3. The van der Waals surface area contributed by atoms with Gasteiger partial charge in [0.15, 0.2) is 5.12 Å². The molecule has 0 bridgehead atoms. The van der Waals surface area contributed by atoms with E-state index >= 15 is 0 Å². The number of thioether (sulfide) groups is 1. The molecular formula is C14H20O5S. The zero-order valence-corrected chi connectivity index (χ0v) is 12.2. The van der Waals surface area contributed by atoms with E-state index in [1.807, 2.05) is 0 Å². The molecule has 5 nitrogen and oxygen atoms in total. The monoisotopic (exact) mass is 300 g/mol. The predicted octanol–water partition coefficient (Wildman–Crippen LogP) is 1.12. The van der Waals surface area contributed by atoms with E-state index in [9.17, 15) is 15.0 Å². The fourth-order valence-electron chi connectivity index (χ4n) is 1.63. The number of hydrogen-bond acceptors (Lipinski definition) is 6. The summed E-state index contributed by atoms with van der Waals surface area (Å²) >= 11 is 1.13. The van der Waals surface area contributed by atoms with E-state index in [-0.39, 0.29) is 18.3 Å². The van der Waals surface area contributed by atoms with Crippen LogP contribution in [0, 0.1) is 0 Å². The Labute approximate surface area is 122 Å². The lowest BCUT2D eigenvalue weighted by Crippen LogP contribution is -2.19. The zero-order valence-electron chi connectivity index (χ0n) is 11.4. The third-order valence-corrected chi connectivity index (χ3v) is 3.51. The van der Waals surface area contributed by atoms with Crippen molar-refractivity contribution >= 4 is 16.9 Å². The largest absolute Gasteiger partial charge is 0.491 e. The van der Waals surface area contributed by atoms with Gasteiger partial charge in [-0.2, -0.15) is 0 Å². The first-order valence-corrected chi connectivity index (χ1v) is 7.36. The lowest BCUT2D eigenvalue weighted by molar-refractivity contribution is -0.109. The Balaban J connectivity index is 2.49. The number of ether oxygens (including phenoxy) is 1. The van der Waals surface area contributed by atoms with Gasteiger partial charge in [-0.25, -0.2) is 0 Å². The van der Waals surface area contributed by atoms with E-state index in [1.54, 1.807) is 24.3 Å². The SMILES string of the molecule is CC(=O)SCCC(O)C(O)c1ccc(OCCO)cc1. The van der Waals surface area contributed by atoms with Gasteiger partial charge in [-0.3, -0.25) is 4.79 Å². The van der Waals surface area contributed by atoms with Gasteiger partial charge in [0.05, 0.1) is 12.7 Å². The predicted molar refractivity (Wildman–Crippen MR) is 77.7 cm³/mol. The summed E-state index contributed by atoms with van der Waals surface area (Å²) < 4.78 is 5.21. The Bertz CT molecular complexity index is 407. The molecule has 0 aliphatic rings. The topological polar surface area (TPSA) is 87.0 Å². The molecule has 0 radical (unpaired) electrons. The molecule has 0 amide bonds. The van der Waals surface area contributed by atoms with Gasteiger partial charge in [0, 0.05) is 12.7 Å². The summed E-state index contributed by atoms with van der Waals surface area (Å²) in [7, 11) is 0. The molecule has 3 N–H and O–H groups in total. The second kappa shape index (κ2) is 8.97. The van der Waals surface area contributed by atoms with Crippen LogP contribution in [0.3, 0.4) is 0 Å². The minimum atomic E-state index is -0.991. The fraction of sp³-hybridized carbons (Fsp3) is 0.500. The Morgan fingerprint density at radius 1 is 1.30 bits per heavy atom. The molecule has 2 unspecified atom stereocenters. The highest BCUT2D eigenvalue weighted by Gasteiger charge is 2.18. The van der Waals surface area contributed by atoms with Gasteiger partial charge in [0.2, 0.25) is 0 Å². The first-order chi connectivity index (χ1) is 9.54. The highest BCUT2D eigenvalue weighted by Crippen LogP contribution is 2.22. The van der Waals surface area contributed by atoms with Crippen LogP contribution in [0.2, 0.25) is 0 Å². The normalized spacial score (nSPS) is 13.8. The summed E-state index contributed by atoms with van der Waals surface area (Å²) in [6.07, 6.45) is -1.56. The molecule has 1 aromatic carbocycles. The van der Waals surface area contributed by atoms with Gasteiger partial charge >= 0.3 is 0 Å². The van der Waals surface area contributed by atoms with Crippen LogP contribution in [-0.4, -0.2) is 45.5 Å². The quantitative estimate of drug-likeness (QED) is 0.667. The molecule has 0 spiro atoms. The number of aliphatic hydroxyl groups excluding tert-OH is 3. The zero-order chi connectivity index (χ0) is 15.0. The second-order valence-electron chi connectivity index (χ2n) is 4.28. The summed E-state index contributed by atoms with van der Waals surface area (Å²) in [6, 6.07) is 6.67. The third kappa shape index (κ3) is 5.92. The van der Waals surface area contributed by atoms with Gasteiger partial charge in [-0.05, 0) is 24.1 Å². The van der Waals surface area contributed by atoms with Gasteiger partial charge in [-0.1, -0.05) is 23.9 Å². The summed E-state index contributed by atoms with van der Waals surface area (Å²) in [6.45, 7) is 1.63. The number of carbonyl (C=O) groups is 1. The van der Waals surface area contributed by atoms with E-state index in [0.717, 1.165) is 11.8 Å². The fourth-order valence-corrected chi connectivity index (χ4v) is 2.27. The molecule has 1 aromatic rings. The maximum absolute atomic E-state index is 10.8. The van der Waals surface area contributed by atoms with E-state index in [0.29, 0.717) is 23.5 Å². The van der Waals surface area contributed by atoms with Crippen LogP contribution in [0.1, 0.15) is 25.0 Å². The van der Waals surface area contributed by atoms with Crippen molar-refractivity contribution in [2.75, 3.05) is 19.0 Å². The maximum Gasteiger partial charge on any atom is 0.185 e. The Morgan fingerprint density at radius 3 is 2.50 bits per heavy atom. The van der Waals surface area contributed by atoms with Crippen molar-refractivity contribution in [3.05, 3.63) is 29.8 Å². The summed E-state index contributed by atoms with van der Waals surface area (Å²) in [4.78, 5) is 10.8. The van der Waals surface area contributed by atoms with Crippen molar-refractivity contribution in [3.63, 3.8) is 0 Å². The van der Waals surface area contributed by atoms with Crippen molar-refractivity contribution in [3.8, 4) is 5.75 Å². The average Bonchev–Trinajstić information content (AvgIpc) is 2.44. The molecule has 2 atom stereocenters. The first kappa shape index (κ1) is 17.0. The highest BCUT2D eigenvalue weighted by molar-refractivity contribution is 8.13. The molecule has 1 rings (SSSR count). The molecule has 0 aliphatic carbocycles. The minimum Gasteiger partial charge on any atom is -0.491 e. The maximum atomic E-state index is 10.8. The molecule has 112 valence electrons. The van der Waals surface area contributed by atoms with Crippen molar-refractivity contribution in [1.29, 1.82) is 0 Å². The van der Waals surface area contributed by atoms with Crippen LogP contribution in [0.15, 0.2) is 24.3 Å². The van der Waals surface area contributed by atoms with Gasteiger partial charge in [-0.15, -0.1) is 0 Å². The Hall–Kier alpha value is -1.08. The van der Waals surface area contributed by atoms with Gasteiger partial charge in [0.1, 0.15) is 18.5 Å². The molecule has 20 heavy (non-hydrogen) atoms. The number of benzene rings is 1. The molecular weight excluding hydrogens is 280 g/mol. The molecule has 0 fully saturated rings. The van der Waals surface area contributed by atoms with Crippen LogP contribution < -0.4 is 4.74 Å². The van der Waals surface area contributed by atoms with Crippen LogP contribution >= 0.6 is 11.8 Å². The lowest BCUT2D eigenvalue weighted by Gasteiger charge is -2.18. The van der Waals surface area contributed by atoms with Crippen LogP contribution in [0.5, 0.6) is 5.75 Å². The highest BCUT2D eigenvalue weighted by atomic mass is 32.2. The second-order valence-corrected chi connectivity index (χ2v) is 5.55. The summed E-state index contributed by atoms with van der Waals surface area (Å²) in [5, 5.41) is 28.5. The van der Waals surface area contributed by atoms with E-state index in [1.165, 1.54) is 6.92 Å². The van der Waals surface area contributed by atoms with Crippen molar-refractivity contribution in [2.45, 2.75) is 25.6 Å². The summed E-state index contributed by atoms with van der Waals surface area (Å²) in [5.74, 6) is 1.07. The van der Waals surface area contributed by atoms with Crippen molar-refractivity contribution in [2.24, 2.45) is 0 Å². The Morgan fingerprint density at radius 2 is 1.95 bits per heavy atom. The molecule has 0 saturated heterocycles. The van der Waals surface area contributed by atoms with Crippen molar-refractivity contribution < 1.29 is 24.9 Å². The smallest absolute Gasteiger partial charge is 0.185 e. The van der Waals surface area contributed by atoms with Crippen LogP contribution in [0.4, 0.5) is 0 Å². The minimum absolute atomic E-state index is 0.00271. The Kier molecular flexibility index (Phi) is 7.61. The third-order valence-electron chi connectivity index (χ3n) is 2.67. The molecule has 0 aliphatic heterocycles. The van der Waals surface area contributed by atoms with Gasteiger partial charge < -0.3 is 20.1 Å². The standard InChI is InChI=1S/C14H20O5S/c1-10(16)20-9-6-13(17)14(18)11-2-4-12(5-3-11)19-8-7-15/h2-5,13-15,17-18H,6-9H2,1H3. The van der Waals surface area contributed by atoms with Crippen LogP contribution in [0.25, 0.3) is 0 Å². The average molecular weight is 300 g/mol. The number of hydrogen-bond donors (Lipinski definition) is 3. The van der Waals surface area contributed by atoms with Crippen LogP contribution in [-0.2, 0) is 4.79 Å². The van der Waals surface area contributed by atoms with E-state index in [2.05, 4.69) is 0 Å². The molecule has 6 heteroatoms. The number of rotatable bonds is 8. The first-order valence-electron chi connectivity index (χ1n) is 6.37. The van der Waals surface area contributed by atoms with Gasteiger partial charge in [0.25, 0.3) is 0 Å². The lowest BCUT2D eigenvalue weighted by atomic mass is 10.0. The number of carbonyl (C=O) groups excluding carboxylic acids is 1. The molecule has 0 heterocycles. The molecule has 0 aromatic heterocycles. The molecule has 0 saturated carbocycles. The summed E-state index contributed by atoms with van der Waals surface area (Å²) in [5.41, 5.74) is 0.585. The van der Waals surface area contributed by atoms with Crippen molar-refractivity contribution in [1.82, 2.24) is 0 Å². The van der Waals surface area contributed by atoms with E-state index < -0.39 is 12.2 Å². The van der Waals surface area contributed by atoms with E-state index in [4.69, 9.17) is 9.84 Å².